The zero-order chi connectivity index (χ0) is 13.8. The topological polar surface area (TPSA) is 12.0 Å². The summed E-state index contributed by atoms with van der Waals surface area (Å²) in [5.74, 6) is 0.973. The number of benzene rings is 2. The molecule has 20 heavy (non-hydrogen) atoms. The molecule has 0 saturated heterocycles. The average molecular weight is 267 g/mol. The fourth-order valence-electron chi connectivity index (χ4n) is 3.71. The maximum Gasteiger partial charge on any atom is 0.0323 e. The second kappa shape index (κ2) is 6.41. The molecule has 1 saturated carbocycles. The number of nitrogens with one attached hydrogen (secondary N) is 1. The third kappa shape index (κ3) is 2.88. The predicted molar refractivity (Wildman–Crippen MR) is 86.9 cm³/mol. The summed E-state index contributed by atoms with van der Waals surface area (Å²) in [4.78, 5) is 0. The molecular weight excluding hydrogens is 242 g/mol. The van der Waals surface area contributed by atoms with Crippen molar-refractivity contribution >= 4 is 10.8 Å². The maximum absolute atomic E-state index is 3.53. The van der Waals surface area contributed by atoms with Crippen LogP contribution in [0.3, 0.4) is 0 Å². The summed E-state index contributed by atoms with van der Waals surface area (Å²) in [6.07, 6.45) is 8.42. The monoisotopic (exact) mass is 267 g/mol. The molecule has 0 spiro atoms. The van der Waals surface area contributed by atoms with E-state index in [1.165, 1.54) is 54.9 Å². The molecule has 0 heterocycles. The van der Waals surface area contributed by atoms with Gasteiger partial charge in [0.15, 0.2) is 0 Å². The first-order valence-corrected chi connectivity index (χ1v) is 8.03. The van der Waals surface area contributed by atoms with Crippen LogP contribution >= 0.6 is 0 Å². The van der Waals surface area contributed by atoms with Gasteiger partial charge in [-0.1, -0.05) is 68.1 Å². The molecule has 0 amide bonds. The largest absolute Gasteiger partial charge is 0.313 e. The van der Waals surface area contributed by atoms with Crippen molar-refractivity contribution in [3.63, 3.8) is 0 Å². The molecule has 1 fully saturated rings. The third-order valence-electron chi connectivity index (χ3n) is 4.89. The van der Waals surface area contributed by atoms with E-state index in [4.69, 9.17) is 0 Å². The molecule has 0 bridgehead atoms. The van der Waals surface area contributed by atoms with Gasteiger partial charge in [-0.25, -0.2) is 0 Å². The van der Waals surface area contributed by atoms with Crippen molar-refractivity contribution in [2.75, 3.05) is 7.05 Å². The van der Waals surface area contributed by atoms with Gasteiger partial charge in [0.25, 0.3) is 0 Å². The highest BCUT2D eigenvalue weighted by Gasteiger charge is 2.18. The van der Waals surface area contributed by atoms with Gasteiger partial charge >= 0.3 is 0 Å². The van der Waals surface area contributed by atoms with Crippen LogP contribution in [0.4, 0.5) is 0 Å². The zero-order valence-corrected chi connectivity index (χ0v) is 12.4. The first kappa shape index (κ1) is 13.6. The first-order chi connectivity index (χ1) is 9.88. The minimum absolute atomic E-state index is 0.488. The second-order valence-electron chi connectivity index (χ2n) is 6.14. The Bertz CT molecular complexity index is 549. The van der Waals surface area contributed by atoms with E-state index >= 15 is 0 Å². The Balaban J connectivity index is 1.79. The summed E-state index contributed by atoms with van der Waals surface area (Å²) >= 11 is 0. The van der Waals surface area contributed by atoms with Crippen molar-refractivity contribution in [2.24, 2.45) is 5.92 Å². The van der Waals surface area contributed by atoms with E-state index in [2.05, 4.69) is 54.8 Å². The first-order valence-electron chi connectivity index (χ1n) is 8.03. The highest BCUT2D eigenvalue weighted by atomic mass is 14.9. The van der Waals surface area contributed by atoms with E-state index in [1.54, 1.807) is 0 Å². The summed E-state index contributed by atoms with van der Waals surface area (Å²) < 4.78 is 0. The molecule has 0 radical (unpaired) electrons. The Morgan fingerprint density at radius 1 is 1.05 bits per heavy atom. The molecule has 0 aromatic heterocycles. The van der Waals surface area contributed by atoms with Crippen molar-refractivity contribution in [3.05, 3.63) is 48.0 Å². The van der Waals surface area contributed by atoms with E-state index in [0.29, 0.717) is 6.04 Å². The number of hydrogen-bond acceptors (Lipinski definition) is 1. The molecule has 1 aliphatic carbocycles. The van der Waals surface area contributed by atoms with E-state index in [-0.39, 0.29) is 0 Å². The summed E-state index contributed by atoms with van der Waals surface area (Å²) in [5.41, 5.74) is 1.46. The molecular formula is C19H25N. The van der Waals surface area contributed by atoms with Gasteiger partial charge in [-0.3, -0.25) is 0 Å². The molecule has 1 aliphatic rings. The summed E-state index contributed by atoms with van der Waals surface area (Å²) in [6.45, 7) is 0. The Morgan fingerprint density at radius 2 is 1.80 bits per heavy atom. The predicted octanol–water partition coefficient (Wildman–Crippen LogP) is 5.07. The molecule has 1 unspecified atom stereocenters. The lowest BCUT2D eigenvalue weighted by Crippen LogP contribution is -2.17. The van der Waals surface area contributed by atoms with Crippen molar-refractivity contribution < 1.29 is 0 Å². The van der Waals surface area contributed by atoms with Crippen LogP contribution in [0.25, 0.3) is 10.8 Å². The number of fused-ring (bicyclic) bond motifs is 1. The van der Waals surface area contributed by atoms with Crippen molar-refractivity contribution in [2.45, 2.75) is 44.6 Å². The summed E-state index contributed by atoms with van der Waals surface area (Å²) in [5, 5.41) is 6.29. The highest BCUT2D eigenvalue weighted by Crippen LogP contribution is 2.33. The van der Waals surface area contributed by atoms with E-state index < -0.39 is 0 Å². The van der Waals surface area contributed by atoms with Crippen molar-refractivity contribution in [1.29, 1.82) is 0 Å². The minimum Gasteiger partial charge on any atom is -0.313 e. The lowest BCUT2D eigenvalue weighted by atomic mass is 9.92. The van der Waals surface area contributed by atoms with Gasteiger partial charge in [0.2, 0.25) is 0 Å². The van der Waals surface area contributed by atoms with Crippen LogP contribution in [0.1, 0.15) is 50.1 Å². The quantitative estimate of drug-likeness (QED) is 0.797. The minimum atomic E-state index is 0.488. The van der Waals surface area contributed by atoms with Crippen LogP contribution in [0.15, 0.2) is 42.5 Å². The SMILES string of the molecule is CNC(CCC1CCCC1)c1cccc2ccccc12. The average Bonchev–Trinajstić information content (AvgIpc) is 3.01. The molecule has 1 N–H and O–H groups in total. The highest BCUT2D eigenvalue weighted by molar-refractivity contribution is 5.86. The lowest BCUT2D eigenvalue weighted by molar-refractivity contribution is 0.428. The van der Waals surface area contributed by atoms with Crippen LogP contribution < -0.4 is 5.32 Å². The maximum atomic E-state index is 3.53. The third-order valence-corrected chi connectivity index (χ3v) is 4.89. The van der Waals surface area contributed by atoms with Gasteiger partial charge < -0.3 is 5.32 Å². The molecule has 2 aromatic carbocycles. The van der Waals surface area contributed by atoms with E-state index in [1.807, 2.05) is 0 Å². The zero-order valence-electron chi connectivity index (χ0n) is 12.4. The van der Waals surface area contributed by atoms with Gasteiger partial charge in [0, 0.05) is 6.04 Å². The Hall–Kier alpha value is -1.34. The fraction of sp³-hybridized carbons (Fsp3) is 0.474. The van der Waals surface area contributed by atoms with Gasteiger partial charge in [-0.05, 0) is 42.1 Å². The van der Waals surface area contributed by atoms with Crippen LogP contribution in [0.2, 0.25) is 0 Å². The molecule has 1 heteroatoms. The van der Waals surface area contributed by atoms with E-state index in [0.717, 1.165) is 5.92 Å². The van der Waals surface area contributed by atoms with Gasteiger partial charge in [-0.2, -0.15) is 0 Å². The Kier molecular flexibility index (Phi) is 4.37. The fourth-order valence-corrected chi connectivity index (χ4v) is 3.71. The second-order valence-corrected chi connectivity index (χ2v) is 6.14. The van der Waals surface area contributed by atoms with Crippen LogP contribution in [-0.4, -0.2) is 7.05 Å². The van der Waals surface area contributed by atoms with Crippen LogP contribution in [-0.2, 0) is 0 Å². The summed E-state index contributed by atoms with van der Waals surface area (Å²) in [7, 11) is 2.10. The van der Waals surface area contributed by atoms with Crippen molar-refractivity contribution in [3.8, 4) is 0 Å². The molecule has 0 aliphatic heterocycles. The van der Waals surface area contributed by atoms with Crippen molar-refractivity contribution in [1.82, 2.24) is 5.32 Å². The Labute approximate surface area is 122 Å². The Morgan fingerprint density at radius 3 is 2.60 bits per heavy atom. The van der Waals surface area contributed by atoms with Crippen LogP contribution in [0.5, 0.6) is 0 Å². The van der Waals surface area contributed by atoms with Gasteiger partial charge in [-0.15, -0.1) is 0 Å². The number of hydrogen-bond donors (Lipinski definition) is 1. The molecule has 106 valence electrons. The summed E-state index contributed by atoms with van der Waals surface area (Å²) in [6, 6.07) is 15.9. The normalized spacial score (nSPS) is 17.6. The standard InChI is InChI=1S/C19H25N/c1-20-19(14-13-15-7-2-3-8-15)18-12-6-10-16-9-4-5-11-17(16)18/h4-6,9-12,15,19-20H,2-3,7-8,13-14H2,1H3. The lowest BCUT2D eigenvalue weighted by Gasteiger charge is -2.20. The molecule has 3 rings (SSSR count). The molecule has 1 atom stereocenters. The van der Waals surface area contributed by atoms with Gasteiger partial charge in [0.05, 0.1) is 0 Å². The molecule has 2 aromatic rings. The smallest absolute Gasteiger partial charge is 0.0323 e. The van der Waals surface area contributed by atoms with Crippen LogP contribution in [0, 0.1) is 5.92 Å². The molecule has 1 nitrogen and oxygen atoms in total. The number of rotatable bonds is 5. The van der Waals surface area contributed by atoms with Gasteiger partial charge in [0.1, 0.15) is 0 Å². The van der Waals surface area contributed by atoms with E-state index in [9.17, 15) is 0 Å².